The number of hydrogen-bond donors (Lipinski definition) is 1. The Bertz CT molecular complexity index is 768. The number of hydrogen-bond acceptors (Lipinski definition) is 4. The standard InChI is InChI=1S/C23H33ClN2O4/c1-16-11-20(12-17(2)22(16)24)30-15-23(7-4-8-26(14-23)18(3)27)13-21(29)25-9-5-19(28)6-10-25/h11-12,19,28H,4-10,13-15H2,1-3H3/t23-/m0/s1. The molecule has 0 saturated carbocycles. The highest BCUT2D eigenvalue weighted by Gasteiger charge is 2.40. The number of benzene rings is 1. The van der Waals surface area contributed by atoms with Crippen molar-refractivity contribution in [3.8, 4) is 5.75 Å². The van der Waals surface area contributed by atoms with Crippen molar-refractivity contribution >= 4 is 23.4 Å². The Morgan fingerprint density at radius 2 is 1.80 bits per heavy atom. The second kappa shape index (κ2) is 9.56. The number of likely N-dealkylation sites (tertiary alicyclic amines) is 2. The van der Waals surface area contributed by atoms with Gasteiger partial charge in [0.05, 0.1) is 12.7 Å². The summed E-state index contributed by atoms with van der Waals surface area (Å²) in [5.74, 6) is 0.854. The highest BCUT2D eigenvalue weighted by molar-refractivity contribution is 6.32. The fraction of sp³-hybridized carbons (Fsp3) is 0.652. The summed E-state index contributed by atoms with van der Waals surface area (Å²) < 4.78 is 6.19. The first-order chi connectivity index (χ1) is 14.2. The van der Waals surface area contributed by atoms with E-state index in [0.717, 1.165) is 41.3 Å². The van der Waals surface area contributed by atoms with E-state index in [4.69, 9.17) is 16.3 Å². The second-order valence-corrected chi connectivity index (χ2v) is 9.37. The molecule has 2 aliphatic rings. The van der Waals surface area contributed by atoms with Crippen molar-refractivity contribution in [1.82, 2.24) is 9.80 Å². The number of nitrogens with zero attached hydrogens (tertiary/aromatic N) is 2. The van der Waals surface area contributed by atoms with Gasteiger partial charge in [0, 0.05) is 50.0 Å². The van der Waals surface area contributed by atoms with E-state index in [1.54, 1.807) is 6.92 Å². The van der Waals surface area contributed by atoms with Gasteiger partial charge in [0.2, 0.25) is 11.8 Å². The Morgan fingerprint density at radius 1 is 1.17 bits per heavy atom. The van der Waals surface area contributed by atoms with Crippen LogP contribution in [0.3, 0.4) is 0 Å². The van der Waals surface area contributed by atoms with E-state index in [9.17, 15) is 14.7 Å². The molecule has 2 fully saturated rings. The van der Waals surface area contributed by atoms with E-state index in [2.05, 4.69) is 0 Å². The molecular formula is C23H33ClN2O4. The van der Waals surface area contributed by atoms with Crippen molar-refractivity contribution in [3.63, 3.8) is 0 Å². The van der Waals surface area contributed by atoms with Crippen LogP contribution in [0.5, 0.6) is 5.75 Å². The van der Waals surface area contributed by atoms with Crippen LogP contribution in [0, 0.1) is 19.3 Å². The molecule has 1 aromatic rings. The second-order valence-electron chi connectivity index (χ2n) is 8.99. The third kappa shape index (κ3) is 5.46. The number of ether oxygens (including phenoxy) is 1. The molecule has 7 heteroatoms. The van der Waals surface area contributed by atoms with Crippen LogP contribution in [-0.2, 0) is 9.59 Å². The Balaban J connectivity index is 1.76. The number of amides is 2. The maximum absolute atomic E-state index is 13.1. The number of piperidine rings is 2. The third-order valence-corrected chi connectivity index (χ3v) is 7.00. The van der Waals surface area contributed by atoms with Gasteiger partial charge in [-0.3, -0.25) is 9.59 Å². The quantitative estimate of drug-likeness (QED) is 0.768. The molecule has 2 saturated heterocycles. The highest BCUT2D eigenvalue weighted by atomic mass is 35.5. The van der Waals surface area contributed by atoms with Crippen LogP contribution < -0.4 is 4.74 Å². The van der Waals surface area contributed by atoms with Crippen molar-refractivity contribution < 1.29 is 19.4 Å². The first-order valence-corrected chi connectivity index (χ1v) is 11.2. The van der Waals surface area contributed by atoms with Crippen molar-refractivity contribution in [2.75, 3.05) is 32.8 Å². The molecule has 0 unspecified atom stereocenters. The summed E-state index contributed by atoms with van der Waals surface area (Å²) >= 11 is 6.28. The molecule has 0 aliphatic carbocycles. The van der Waals surface area contributed by atoms with Gasteiger partial charge in [0.15, 0.2) is 0 Å². The predicted octanol–water partition coefficient (Wildman–Crippen LogP) is 3.34. The molecule has 30 heavy (non-hydrogen) atoms. The normalized spacial score (nSPS) is 22.8. The molecule has 0 bridgehead atoms. The van der Waals surface area contributed by atoms with Crippen molar-refractivity contribution in [1.29, 1.82) is 0 Å². The van der Waals surface area contributed by atoms with Crippen LogP contribution >= 0.6 is 11.6 Å². The number of carbonyl (C=O) groups excluding carboxylic acids is 2. The van der Waals surface area contributed by atoms with Gasteiger partial charge in [0.25, 0.3) is 0 Å². The Labute approximate surface area is 184 Å². The predicted molar refractivity (Wildman–Crippen MR) is 117 cm³/mol. The zero-order valence-electron chi connectivity index (χ0n) is 18.2. The van der Waals surface area contributed by atoms with Gasteiger partial charge in [0.1, 0.15) is 5.75 Å². The van der Waals surface area contributed by atoms with Gasteiger partial charge in [-0.05, 0) is 62.8 Å². The first-order valence-electron chi connectivity index (χ1n) is 10.8. The van der Waals surface area contributed by atoms with E-state index < -0.39 is 5.41 Å². The van der Waals surface area contributed by atoms with E-state index in [1.807, 2.05) is 35.8 Å². The van der Waals surface area contributed by atoms with E-state index in [-0.39, 0.29) is 17.9 Å². The van der Waals surface area contributed by atoms with Gasteiger partial charge in [-0.15, -0.1) is 0 Å². The Hall–Kier alpha value is -1.79. The largest absolute Gasteiger partial charge is 0.493 e. The van der Waals surface area contributed by atoms with Gasteiger partial charge >= 0.3 is 0 Å². The zero-order valence-corrected chi connectivity index (χ0v) is 19.0. The summed E-state index contributed by atoms with van der Waals surface area (Å²) in [5.41, 5.74) is 1.49. The van der Waals surface area contributed by atoms with E-state index in [1.165, 1.54) is 0 Å². The van der Waals surface area contributed by atoms with Crippen LogP contribution in [0.4, 0.5) is 0 Å². The Kier molecular flexibility index (Phi) is 7.30. The third-order valence-electron chi connectivity index (χ3n) is 6.41. The molecule has 1 N–H and O–H groups in total. The maximum Gasteiger partial charge on any atom is 0.223 e. The molecule has 166 valence electrons. The van der Waals surface area contributed by atoms with Crippen molar-refractivity contribution in [2.45, 2.75) is 59.0 Å². The molecule has 1 atom stereocenters. The molecule has 2 amide bonds. The average Bonchev–Trinajstić information content (AvgIpc) is 2.71. The number of aryl methyl sites for hydroxylation is 2. The van der Waals surface area contributed by atoms with Crippen LogP contribution in [0.2, 0.25) is 5.02 Å². The smallest absolute Gasteiger partial charge is 0.223 e. The minimum atomic E-state index is -0.418. The maximum atomic E-state index is 13.1. The van der Waals surface area contributed by atoms with Gasteiger partial charge in [-0.25, -0.2) is 0 Å². The Morgan fingerprint density at radius 3 is 2.40 bits per heavy atom. The van der Waals surface area contributed by atoms with Crippen LogP contribution in [-0.4, -0.2) is 65.6 Å². The topological polar surface area (TPSA) is 70.1 Å². The number of carbonyl (C=O) groups is 2. The molecule has 3 rings (SSSR count). The van der Waals surface area contributed by atoms with E-state index in [0.29, 0.717) is 45.5 Å². The van der Waals surface area contributed by atoms with Gasteiger partial charge in [-0.2, -0.15) is 0 Å². The lowest BCUT2D eigenvalue weighted by atomic mass is 9.77. The van der Waals surface area contributed by atoms with E-state index >= 15 is 0 Å². The zero-order chi connectivity index (χ0) is 21.9. The first kappa shape index (κ1) is 22.9. The summed E-state index contributed by atoms with van der Waals surface area (Å²) in [4.78, 5) is 28.8. The van der Waals surface area contributed by atoms with Gasteiger partial charge in [-0.1, -0.05) is 11.6 Å². The molecular weight excluding hydrogens is 404 g/mol. The minimum absolute atomic E-state index is 0.0331. The molecule has 2 heterocycles. The summed E-state index contributed by atoms with van der Waals surface area (Å²) in [6.07, 6.45) is 2.97. The van der Waals surface area contributed by atoms with Crippen molar-refractivity contribution in [3.05, 3.63) is 28.3 Å². The fourth-order valence-corrected chi connectivity index (χ4v) is 4.67. The monoisotopic (exact) mass is 436 g/mol. The molecule has 0 radical (unpaired) electrons. The fourth-order valence-electron chi connectivity index (χ4n) is 4.56. The van der Waals surface area contributed by atoms with Crippen LogP contribution in [0.15, 0.2) is 12.1 Å². The lowest BCUT2D eigenvalue weighted by molar-refractivity contribution is -0.141. The number of aliphatic hydroxyl groups is 1. The molecule has 6 nitrogen and oxygen atoms in total. The summed E-state index contributed by atoms with van der Waals surface area (Å²) in [6, 6.07) is 3.84. The lowest BCUT2D eigenvalue weighted by Gasteiger charge is -2.43. The number of halogens is 1. The van der Waals surface area contributed by atoms with Crippen LogP contribution in [0.1, 0.15) is 50.2 Å². The summed E-state index contributed by atoms with van der Waals surface area (Å²) in [5, 5.41) is 10.5. The average molecular weight is 437 g/mol. The number of aliphatic hydroxyl groups excluding tert-OH is 1. The molecule has 0 spiro atoms. The van der Waals surface area contributed by atoms with Crippen LogP contribution in [0.25, 0.3) is 0 Å². The summed E-state index contributed by atoms with van der Waals surface area (Å²) in [6.45, 7) is 8.27. The lowest BCUT2D eigenvalue weighted by Crippen LogP contribution is -2.51. The SMILES string of the molecule is CC(=O)N1CCC[C@](COc2cc(C)c(Cl)c(C)c2)(CC(=O)N2CCC(O)CC2)C1. The minimum Gasteiger partial charge on any atom is -0.493 e. The highest BCUT2D eigenvalue weighted by Crippen LogP contribution is 2.36. The van der Waals surface area contributed by atoms with Gasteiger partial charge < -0.3 is 19.6 Å². The molecule has 2 aliphatic heterocycles. The number of rotatable bonds is 5. The molecule has 1 aromatic carbocycles. The van der Waals surface area contributed by atoms with Crippen molar-refractivity contribution in [2.24, 2.45) is 5.41 Å². The summed E-state index contributed by atoms with van der Waals surface area (Å²) in [7, 11) is 0. The molecule has 0 aromatic heterocycles.